The Labute approximate surface area is 217 Å². The predicted molar refractivity (Wildman–Crippen MR) is 128 cm³/mol. The number of amides is 2. The van der Waals surface area contributed by atoms with Crippen LogP contribution in [0.25, 0.3) is 5.69 Å². The van der Waals surface area contributed by atoms with Crippen LogP contribution in [-0.4, -0.2) is 38.3 Å². The summed E-state index contributed by atoms with van der Waals surface area (Å²) >= 11 is 0. The Bertz CT molecular complexity index is 1510. The minimum atomic E-state index is -5.11. The second-order valence-electron chi connectivity index (χ2n) is 7.98. The number of pyridine rings is 1. The Morgan fingerprint density at radius 1 is 0.974 bits per heavy atom. The number of halogens is 5. The van der Waals surface area contributed by atoms with Crippen molar-refractivity contribution in [3.63, 3.8) is 0 Å². The summed E-state index contributed by atoms with van der Waals surface area (Å²) < 4.78 is 74.2. The largest absolute Gasteiger partial charge is 0.455 e. The molecular weight excluding hydrogens is 527 g/mol. The van der Waals surface area contributed by atoms with Crippen molar-refractivity contribution >= 4 is 17.5 Å². The van der Waals surface area contributed by atoms with E-state index in [-0.39, 0.29) is 27.6 Å². The number of carbonyl (C=O) groups excluding carboxylic acids is 2. The number of anilines is 1. The lowest BCUT2D eigenvalue weighted by molar-refractivity contribution is -0.143. The molecule has 0 aliphatic rings. The van der Waals surface area contributed by atoms with Gasteiger partial charge in [-0.1, -0.05) is 12.1 Å². The van der Waals surface area contributed by atoms with E-state index in [2.05, 4.69) is 25.9 Å². The van der Waals surface area contributed by atoms with Crippen LogP contribution in [0.1, 0.15) is 40.0 Å². The monoisotopic (exact) mass is 546 g/mol. The van der Waals surface area contributed by atoms with Gasteiger partial charge in [-0.3, -0.25) is 9.59 Å². The molecule has 202 valence electrons. The molecule has 0 atom stereocenters. The van der Waals surface area contributed by atoms with Gasteiger partial charge in [0.2, 0.25) is 0 Å². The van der Waals surface area contributed by atoms with E-state index in [1.807, 2.05) is 6.92 Å². The van der Waals surface area contributed by atoms with Crippen LogP contribution in [-0.2, 0) is 6.18 Å². The van der Waals surface area contributed by atoms with Gasteiger partial charge in [-0.05, 0) is 55.0 Å². The highest BCUT2D eigenvalue weighted by Gasteiger charge is 2.42. The summed E-state index contributed by atoms with van der Waals surface area (Å²) in [5, 5.41) is 11.6. The van der Waals surface area contributed by atoms with Gasteiger partial charge in [-0.2, -0.15) is 13.2 Å². The summed E-state index contributed by atoms with van der Waals surface area (Å²) in [6.07, 6.45) is -2.94. The van der Waals surface area contributed by atoms with Gasteiger partial charge in [0.25, 0.3) is 11.8 Å². The predicted octanol–water partition coefficient (Wildman–Crippen LogP) is 5.14. The van der Waals surface area contributed by atoms with E-state index in [0.29, 0.717) is 18.7 Å². The average Bonchev–Trinajstić information content (AvgIpc) is 3.37. The van der Waals surface area contributed by atoms with E-state index in [1.54, 1.807) is 12.1 Å². The molecule has 4 aromatic rings. The van der Waals surface area contributed by atoms with Crippen LogP contribution in [0.5, 0.6) is 11.5 Å². The first-order valence-corrected chi connectivity index (χ1v) is 11.4. The van der Waals surface area contributed by atoms with Crippen LogP contribution >= 0.6 is 0 Å². The van der Waals surface area contributed by atoms with Crippen LogP contribution < -0.4 is 15.4 Å². The van der Waals surface area contributed by atoms with Gasteiger partial charge in [-0.15, -0.1) is 5.10 Å². The third-order valence-corrected chi connectivity index (χ3v) is 5.16. The fraction of sp³-hybridized carbons (Fsp3) is 0.160. The zero-order valence-corrected chi connectivity index (χ0v) is 20.1. The van der Waals surface area contributed by atoms with E-state index < -0.39 is 46.7 Å². The smallest absolute Gasteiger partial charge is 0.435 e. The highest BCUT2D eigenvalue weighted by molar-refractivity contribution is 6.03. The third kappa shape index (κ3) is 6.17. The molecule has 2 aromatic heterocycles. The lowest BCUT2D eigenvalue weighted by Crippen LogP contribution is -2.25. The molecule has 2 N–H and O–H groups in total. The molecule has 0 radical (unpaired) electrons. The summed E-state index contributed by atoms with van der Waals surface area (Å²) in [6.45, 7) is 2.35. The van der Waals surface area contributed by atoms with Crippen molar-refractivity contribution in [2.45, 2.75) is 19.5 Å². The van der Waals surface area contributed by atoms with Crippen molar-refractivity contribution in [2.75, 3.05) is 11.9 Å². The molecule has 39 heavy (non-hydrogen) atoms. The minimum absolute atomic E-state index is 0.0622. The van der Waals surface area contributed by atoms with E-state index in [9.17, 15) is 31.5 Å². The number of nitrogens with one attached hydrogen (secondary N) is 2. The highest BCUT2D eigenvalue weighted by atomic mass is 19.4. The molecule has 2 amide bonds. The molecule has 9 nitrogen and oxygen atoms in total. The molecule has 0 saturated heterocycles. The number of alkyl halides is 3. The maximum absolute atomic E-state index is 13.8. The summed E-state index contributed by atoms with van der Waals surface area (Å²) in [4.78, 5) is 29.0. The number of benzene rings is 2. The van der Waals surface area contributed by atoms with Crippen molar-refractivity contribution in [3.05, 3.63) is 89.5 Å². The lowest BCUT2D eigenvalue weighted by Gasteiger charge is -2.12. The number of hydrogen-bond acceptors (Lipinski definition) is 6. The maximum Gasteiger partial charge on any atom is 0.435 e. The van der Waals surface area contributed by atoms with Crippen molar-refractivity contribution in [1.29, 1.82) is 0 Å². The number of aromatic nitrogens is 4. The fourth-order valence-electron chi connectivity index (χ4n) is 3.38. The average molecular weight is 546 g/mol. The van der Waals surface area contributed by atoms with Crippen LogP contribution in [0, 0.1) is 11.6 Å². The lowest BCUT2D eigenvalue weighted by atomic mass is 10.2. The summed E-state index contributed by atoms with van der Waals surface area (Å²) in [5.41, 5.74) is -2.98. The molecule has 2 heterocycles. The van der Waals surface area contributed by atoms with Crippen LogP contribution in [0.4, 0.5) is 27.6 Å². The van der Waals surface area contributed by atoms with E-state index >= 15 is 0 Å². The Hall–Kier alpha value is -4.88. The molecule has 0 fully saturated rings. The molecule has 14 heteroatoms. The van der Waals surface area contributed by atoms with E-state index in [0.717, 1.165) is 12.5 Å². The van der Waals surface area contributed by atoms with Crippen molar-refractivity contribution in [2.24, 2.45) is 0 Å². The minimum Gasteiger partial charge on any atom is -0.455 e. The third-order valence-electron chi connectivity index (χ3n) is 5.16. The fourth-order valence-corrected chi connectivity index (χ4v) is 3.38. The van der Waals surface area contributed by atoms with Crippen LogP contribution in [0.2, 0.25) is 0 Å². The molecule has 4 rings (SSSR count). The number of hydrogen-bond donors (Lipinski definition) is 2. The maximum atomic E-state index is 13.8. The number of ether oxygens (including phenoxy) is 1. The first-order chi connectivity index (χ1) is 18.6. The first kappa shape index (κ1) is 27.2. The Kier molecular flexibility index (Phi) is 7.83. The quantitative estimate of drug-likeness (QED) is 0.296. The molecule has 0 aliphatic carbocycles. The number of nitrogens with zero attached hydrogens (tertiary/aromatic N) is 4. The zero-order chi connectivity index (χ0) is 28.2. The van der Waals surface area contributed by atoms with Crippen LogP contribution in [0.3, 0.4) is 0 Å². The highest BCUT2D eigenvalue weighted by Crippen LogP contribution is 2.33. The van der Waals surface area contributed by atoms with Gasteiger partial charge in [0.05, 0.1) is 5.69 Å². The van der Waals surface area contributed by atoms with Crippen molar-refractivity contribution in [1.82, 2.24) is 25.3 Å². The normalized spacial score (nSPS) is 11.2. The van der Waals surface area contributed by atoms with Crippen LogP contribution in [0.15, 0.2) is 60.8 Å². The summed E-state index contributed by atoms with van der Waals surface area (Å²) in [7, 11) is 0. The molecule has 0 bridgehead atoms. The molecule has 0 aliphatic heterocycles. The number of carbonyl (C=O) groups is 2. The van der Waals surface area contributed by atoms with Crippen molar-refractivity contribution in [3.8, 4) is 17.2 Å². The van der Waals surface area contributed by atoms with Gasteiger partial charge in [0.1, 0.15) is 5.75 Å². The number of rotatable bonds is 8. The molecule has 0 unspecified atom stereocenters. The Balaban J connectivity index is 1.53. The van der Waals surface area contributed by atoms with Gasteiger partial charge in [0, 0.05) is 24.5 Å². The Morgan fingerprint density at radius 2 is 1.72 bits per heavy atom. The zero-order valence-electron chi connectivity index (χ0n) is 20.1. The van der Waals surface area contributed by atoms with E-state index in [1.165, 1.54) is 30.5 Å². The first-order valence-electron chi connectivity index (χ1n) is 11.4. The van der Waals surface area contributed by atoms with Crippen molar-refractivity contribution < 1.29 is 36.3 Å². The second kappa shape index (κ2) is 11.2. The molecule has 0 saturated carbocycles. The van der Waals surface area contributed by atoms with Gasteiger partial charge in [-0.25, -0.2) is 18.4 Å². The standard InChI is InChI=1S/C25H19F5N6O3/c1-2-11-32-23(37)20-19(4-3-12-31-20)39-16-8-5-14(6-9-16)33-24(38)21-22(25(28,29)30)36(35-34-21)15-7-10-17(26)18(27)13-15/h3-10,12-13H,2,11H2,1H3,(H,32,37)(H,33,38). The van der Waals surface area contributed by atoms with Gasteiger partial charge in [0.15, 0.2) is 34.5 Å². The van der Waals surface area contributed by atoms with Gasteiger partial charge >= 0.3 is 6.18 Å². The molecule has 2 aromatic carbocycles. The Morgan fingerprint density at radius 3 is 2.38 bits per heavy atom. The molecule has 0 spiro atoms. The second-order valence-corrected chi connectivity index (χ2v) is 7.98. The van der Waals surface area contributed by atoms with Gasteiger partial charge < -0.3 is 15.4 Å². The topological polar surface area (TPSA) is 111 Å². The SMILES string of the molecule is CCCNC(=O)c1ncccc1Oc1ccc(NC(=O)c2nnn(-c3ccc(F)c(F)c3)c2C(F)(F)F)cc1. The summed E-state index contributed by atoms with van der Waals surface area (Å²) in [6, 6.07) is 10.6. The summed E-state index contributed by atoms with van der Waals surface area (Å²) in [5.74, 6) is -3.90. The van der Waals surface area contributed by atoms with E-state index in [4.69, 9.17) is 4.74 Å². The molecular formula is C25H19F5N6O3.